The van der Waals surface area contributed by atoms with Crippen molar-refractivity contribution in [2.45, 2.75) is 63.8 Å². The van der Waals surface area contributed by atoms with Crippen molar-refractivity contribution < 1.29 is 9.59 Å². The summed E-state index contributed by atoms with van der Waals surface area (Å²) in [7, 11) is 0. The molecule has 3 fully saturated rings. The van der Waals surface area contributed by atoms with Gasteiger partial charge in [0.15, 0.2) is 0 Å². The summed E-state index contributed by atoms with van der Waals surface area (Å²) in [5.74, 6) is 0.202. The van der Waals surface area contributed by atoms with Crippen molar-refractivity contribution in [3.05, 3.63) is 0 Å². The van der Waals surface area contributed by atoms with Crippen molar-refractivity contribution in [3.63, 3.8) is 0 Å². The second kappa shape index (κ2) is 5.23. The molecule has 4 nitrogen and oxygen atoms in total. The van der Waals surface area contributed by atoms with Crippen LogP contribution in [0.15, 0.2) is 0 Å². The molecular weight excluding hydrogens is 240 g/mol. The molecule has 1 aliphatic carbocycles. The van der Waals surface area contributed by atoms with E-state index in [1.54, 1.807) is 4.90 Å². The largest absolute Gasteiger partial charge is 0.312 e. The standard InChI is InChI=1S/C15H24N2O2/c18-13-10-15(7-3-1-2-4-8-15)14(19)17(13)11-12-6-5-9-16-12/h12,16H,1-11H2. The molecule has 0 radical (unpaired) electrons. The lowest BCUT2D eigenvalue weighted by molar-refractivity contribution is -0.142. The molecule has 4 heteroatoms. The highest BCUT2D eigenvalue weighted by molar-refractivity contribution is 6.05. The Morgan fingerprint density at radius 1 is 1.11 bits per heavy atom. The topological polar surface area (TPSA) is 49.4 Å². The Kier molecular flexibility index (Phi) is 3.61. The fraction of sp³-hybridized carbons (Fsp3) is 0.867. The number of imide groups is 1. The van der Waals surface area contributed by atoms with Crippen molar-refractivity contribution in [3.8, 4) is 0 Å². The number of nitrogens with one attached hydrogen (secondary N) is 1. The number of carbonyl (C=O) groups is 2. The number of rotatable bonds is 2. The minimum atomic E-state index is -0.327. The zero-order chi connectivity index (χ0) is 13.3. The Morgan fingerprint density at radius 2 is 1.84 bits per heavy atom. The smallest absolute Gasteiger partial charge is 0.235 e. The minimum Gasteiger partial charge on any atom is -0.312 e. The van der Waals surface area contributed by atoms with Gasteiger partial charge in [0.05, 0.1) is 5.41 Å². The summed E-state index contributed by atoms with van der Waals surface area (Å²) in [4.78, 5) is 26.5. The van der Waals surface area contributed by atoms with Gasteiger partial charge in [0.2, 0.25) is 11.8 Å². The average Bonchev–Trinajstić information content (AvgIpc) is 2.89. The van der Waals surface area contributed by atoms with Gasteiger partial charge in [-0.2, -0.15) is 0 Å². The Hall–Kier alpha value is -0.900. The van der Waals surface area contributed by atoms with E-state index in [1.165, 1.54) is 12.8 Å². The second-order valence-corrected chi connectivity index (χ2v) is 6.47. The van der Waals surface area contributed by atoms with Crippen LogP contribution in [-0.4, -0.2) is 35.8 Å². The van der Waals surface area contributed by atoms with Crippen molar-refractivity contribution in [1.29, 1.82) is 0 Å². The second-order valence-electron chi connectivity index (χ2n) is 6.47. The predicted molar refractivity (Wildman–Crippen MR) is 72.5 cm³/mol. The van der Waals surface area contributed by atoms with Gasteiger partial charge in [-0.05, 0) is 32.2 Å². The van der Waals surface area contributed by atoms with Crippen LogP contribution in [0, 0.1) is 5.41 Å². The van der Waals surface area contributed by atoms with Gasteiger partial charge in [0, 0.05) is 19.0 Å². The van der Waals surface area contributed by atoms with E-state index in [4.69, 9.17) is 0 Å². The number of likely N-dealkylation sites (tertiary alicyclic amines) is 1. The van der Waals surface area contributed by atoms with Gasteiger partial charge in [-0.3, -0.25) is 14.5 Å². The van der Waals surface area contributed by atoms with Crippen LogP contribution in [0.25, 0.3) is 0 Å². The molecule has 2 heterocycles. The van der Waals surface area contributed by atoms with Crippen molar-refractivity contribution in [2.75, 3.05) is 13.1 Å². The fourth-order valence-corrected chi connectivity index (χ4v) is 3.97. The molecule has 2 saturated heterocycles. The van der Waals surface area contributed by atoms with Crippen LogP contribution in [-0.2, 0) is 9.59 Å². The van der Waals surface area contributed by atoms with Gasteiger partial charge in [-0.15, -0.1) is 0 Å². The molecule has 1 N–H and O–H groups in total. The monoisotopic (exact) mass is 264 g/mol. The Balaban J connectivity index is 1.72. The zero-order valence-corrected chi connectivity index (χ0v) is 11.6. The van der Waals surface area contributed by atoms with Crippen LogP contribution in [0.3, 0.4) is 0 Å². The van der Waals surface area contributed by atoms with E-state index in [9.17, 15) is 9.59 Å². The lowest BCUT2D eigenvalue weighted by Gasteiger charge is -2.26. The third-order valence-corrected chi connectivity index (χ3v) is 5.12. The van der Waals surface area contributed by atoms with Crippen molar-refractivity contribution in [1.82, 2.24) is 10.2 Å². The van der Waals surface area contributed by atoms with E-state index in [1.807, 2.05) is 0 Å². The molecule has 0 bridgehead atoms. The summed E-state index contributed by atoms with van der Waals surface area (Å²) < 4.78 is 0. The number of amides is 2. The van der Waals surface area contributed by atoms with Crippen LogP contribution in [0.2, 0.25) is 0 Å². The average molecular weight is 264 g/mol. The zero-order valence-electron chi connectivity index (χ0n) is 11.6. The molecule has 1 spiro atoms. The first-order chi connectivity index (χ1) is 9.21. The molecule has 0 aromatic carbocycles. The molecule has 19 heavy (non-hydrogen) atoms. The highest BCUT2D eigenvalue weighted by atomic mass is 16.2. The SMILES string of the molecule is O=C1CC2(CCCCCC2)C(=O)N1CC1CCCN1. The highest BCUT2D eigenvalue weighted by Crippen LogP contribution is 2.44. The number of hydrogen-bond acceptors (Lipinski definition) is 3. The van der Waals surface area contributed by atoms with E-state index in [-0.39, 0.29) is 17.2 Å². The molecule has 2 amide bonds. The molecule has 2 aliphatic heterocycles. The van der Waals surface area contributed by atoms with Crippen molar-refractivity contribution >= 4 is 11.8 Å². The molecule has 1 saturated carbocycles. The first kappa shape index (κ1) is 13.1. The molecule has 1 atom stereocenters. The molecule has 0 aromatic heterocycles. The normalized spacial score (nSPS) is 31.2. The summed E-state index contributed by atoms with van der Waals surface area (Å²) in [5.41, 5.74) is -0.327. The molecule has 3 aliphatic rings. The van der Waals surface area contributed by atoms with E-state index in [0.717, 1.165) is 45.1 Å². The Morgan fingerprint density at radius 3 is 2.47 bits per heavy atom. The highest BCUT2D eigenvalue weighted by Gasteiger charge is 2.51. The lowest BCUT2D eigenvalue weighted by Crippen LogP contribution is -2.42. The van der Waals surface area contributed by atoms with Gasteiger partial charge in [-0.25, -0.2) is 0 Å². The van der Waals surface area contributed by atoms with Crippen LogP contribution >= 0.6 is 0 Å². The van der Waals surface area contributed by atoms with Gasteiger partial charge in [0.1, 0.15) is 0 Å². The van der Waals surface area contributed by atoms with E-state index in [0.29, 0.717) is 19.0 Å². The summed E-state index contributed by atoms with van der Waals surface area (Å²) in [6, 6.07) is 0.328. The summed E-state index contributed by atoms with van der Waals surface area (Å²) in [6.07, 6.45) is 9.21. The maximum atomic E-state index is 12.7. The van der Waals surface area contributed by atoms with Crippen LogP contribution in [0.5, 0.6) is 0 Å². The summed E-state index contributed by atoms with van der Waals surface area (Å²) in [5, 5.41) is 3.38. The Labute approximate surface area is 114 Å². The number of hydrogen-bond donors (Lipinski definition) is 1. The van der Waals surface area contributed by atoms with E-state index >= 15 is 0 Å². The number of carbonyl (C=O) groups excluding carboxylic acids is 2. The van der Waals surface area contributed by atoms with Gasteiger partial charge in [0.25, 0.3) is 0 Å². The van der Waals surface area contributed by atoms with Crippen molar-refractivity contribution in [2.24, 2.45) is 5.41 Å². The van der Waals surface area contributed by atoms with Gasteiger partial charge in [-0.1, -0.05) is 25.7 Å². The first-order valence-electron chi connectivity index (χ1n) is 7.79. The van der Waals surface area contributed by atoms with Crippen LogP contribution in [0.1, 0.15) is 57.8 Å². The predicted octanol–water partition coefficient (Wildman–Crippen LogP) is 1.84. The fourth-order valence-electron chi connectivity index (χ4n) is 3.97. The van der Waals surface area contributed by atoms with Crippen LogP contribution in [0.4, 0.5) is 0 Å². The molecular formula is C15H24N2O2. The molecule has 0 aromatic rings. The van der Waals surface area contributed by atoms with Gasteiger partial charge < -0.3 is 5.32 Å². The maximum Gasteiger partial charge on any atom is 0.235 e. The molecule has 106 valence electrons. The van der Waals surface area contributed by atoms with E-state index in [2.05, 4.69) is 5.32 Å². The third-order valence-electron chi connectivity index (χ3n) is 5.12. The molecule has 1 unspecified atom stereocenters. The third kappa shape index (κ3) is 2.42. The lowest BCUT2D eigenvalue weighted by atomic mass is 9.79. The summed E-state index contributed by atoms with van der Waals surface area (Å²) in [6.45, 7) is 1.62. The minimum absolute atomic E-state index is 0.0700. The Bertz CT molecular complexity index is 366. The quantitative estimate of drug-likeness (QED) is 0.774. The maximum absolute atomic E-state index is 12.7. The first-order valence-corrected chi connectivity index (χ1v) is 7.79. The van der Waals surface area contributed by atoms with Gasteiger partial charge >= 0.3 is 0 Å². The summed E-state index contributed by atoms with van der Waals surface area (Å²) >= 11 is 0. The van der Waals surface area contributed by atoms with E-state index < -0.39 is 0 Å². The number of nitrogens with zero attached hydrogens (tertiary/aromatic N) is 1. The molecule has 3 rings (SSSR count). The van der Waals surface area contributed by atoms with Crippen LogP contribution < -0.4 is 5.32 Å².